The third kappa shape index (κ3) is 3.05. The minimum atomic E-state index is 0.613. The highest BCUT2D eigenvalue weighted by atomic mass is 15.2. The van der Waals surface area contributed by atoms with E-state index in [1.807, 2.05) is 0 Å². The van der Waals surface area contributed by atoms with Crippen LogP contribution in [0.15, 0.2) is 18.2 Å². The van der Waals surface area contributed by atoms with E-state index in [1.165, 1.54) is 49.0 Å². The van der Waals surface area contributed by atoms with Crippen molar-refractivity contribution in [2.75, 3.05) is 25.0 Å². The Morgan fingerprint density at radius 3 is 2.94 bits per heavy atom. The maximum atomic E-state index is 3.45. The highest BCUT2D eigenvalue weighted by molar-refractivity contribution is 5.56. The van der Waals surface area contributed by atoms with Gasteiger partial charge in [-0.05, 0) is 44.9 Å². The van der Waals surface area contributed by atoms with Gasteiger partial charge in [-0.2, -0.15) is 0 Å². The lowest BCUT2D eigenvalue weighted by atomic mass is 9.98. The van der Waals surface area contributed by atoms with Crippen LogP contribution in [0.1, 0.15) is 37.3 Å². The Kier molecular flexibility index (Phi) is 4.65. The van der Waals surface area contributed by atoms with E-state index in [-0.39, 0.29) is 0 Å². The van der Waals surface area contributed by atoms with E-state index in [4.69, 9.17) is 0 Å². The number of hydrogen-bond acceptors (Lipinski definition) is 2. The summed E-state index contributed by atoms with van der Waals surface area (Å²) in [5, 5.41) is 3.45. The van der Waals surface area contributed by atoms with Crippen molar-refractivity contribution in [3.63, 3.8) is 0 Å². The van der Waals surface area contributed by atoms with Crippen LogP contribution < -0.4 is 10.2 Å². The van der Waals surface area contributed by atoms with Gasteiger partial charge in [-0.25, -0.2) is 0 Å². The molecule has 0 spiro atoms. The van der Waals surface area contributed by atoms with Crippen LogP contribution in [0.25, 0.3) is 0 Å². The number of anilines is 1. The van der Waals surface area contributed by atoms with Crippen molar-refractivity contribution < 1.29 is 0 Å². The van der Waals surface area contributed by atoms with Crippen LogP contribution in [0.4, 0.5) is 5.69 Å². The van der Waals surface area contributed by atoms with Gasteiger partial charge in [0.15, 0.2) is 0 Å². The molecule has 0 amide bonds. The van der Waals surface area contributed by atoms with E-state index >= 15 is 0 Å². The first-order valence-corrected chi connectivity index (χ1v) is 7.26. The number of nitrogens with zero attached hydrogens (tertiary/aromatic N) is 1. The maximum Gasteiger partial charge on any atom is 0.0399 e. The van der Waals surface area contributed by atoms with Gasteiger partial charge in [0.2, 0.25) is 0 Å². The number of hydrogen-bond donors (Lipinski definition) is 1. The molecule has 1 N–H and O–H groups in total. The summed E-state index contributed by atoms with van der Waals surface area (Å²) in [6.45, 7) is 6.79. The Morgan fingerprint density at radius 2 is 2.22 bits per heavy atom. The van der Waals surface area contributed by atoms with Gasteiger partial charge in [-0.1, -0.05) is 31.0 Å². The second kappa shape index (κ2) is 6.24. The SMILES string of the molecule is CCCC(CN1CCCc2cc(C)ccc21)NC. The number of benzene rings is 1. The van der Waals surface area contributed by atoms with Gasteiger partial charge < -0.3 is 10.2 Å². The largest absolute Gasteiger partial charge is 0.370 e. The number of nitrogens with one attached hydrogen (secondary N) is 1. The van der Waals surface area contributed by atoms with Gasteiger partial charge in [0.05, 0.1) is 0 Å². The van der Waals surface area contributed by atoms with Gasteiger partial charge >= 0.3 is 0 Å². The second-order valence-electron chi connectivity index (χ2n) is 5.46. The molecule has 0 saturated heterocycles. The number of fused-ring (bicyclic) bond motifs is 1. The van der Waals surface area contributed by atoms with E-state index in [2.05, 4.69) is 49.3 Å². The Hall–Kier alpha value is -1.02. The molecule has 1 aromatic carbocycles. The molecule has 1 aliphatic rings. The monoisotopic (exact) mass is 246 g/mol. The molecule has 1 heterocycles. The molecule has 0 bridgehead atoms. The third-order valence-corrected chi connectivity index (χ3v) is 3.94. The molecule has 0 aromatic heterocycles. The van der Waals surface area contributed by atoms with Gasteiger partial charge in [0.25, 0.3) is 0 Å². The molecule has 1 aliphatic heterocycles. The van der Waals surface area contributed by atoms with Crippen LogP contribution in [0.3, 0.4) is 0 Å². The van der Waals surface area contributed by atoms with Crippen molar-refractivity contribution in [3.05, 3.63) is 29.3 Å². The van der Waals surface area contributed by atoms with Gasteiger partial charge in [-0.15, -0.1) is 0 Å². The van der Waals surface area contributed by atoms with Crippen molar-refractivity contribution in [2.24, 2.45) is 0 Å². The average Bonchev–Trinajstić information content (AvgIpc) is 2.38. The van der Waals surface area contributed by atoms with Crippen LogP contribution >= 0.6 is 0 Å². The summed E-state index contributed by atoms with van der Waals surface area (Å²) < 4.78 is 0. The number of aryl methyl sites for hydroxylation is 2. The Morgan fingerprint density at radius 1 is 1.39 bits per heavy atom. The molecule has 0 saturated carbocycles. The van der Waals surface area contributed by atoms with Crippen molar-refractivity contribution in [2.45, 2.75) is 45.6 Å². The quantitative estimate of drug-likeness (QED) is 0.858. The normalized spacial score (nSPS) is 16.5. The van der Waals surface area contributed by atoms with Crippen LogP contribution in [0.5, 0.6) is 0 Å². The van der Waals surface area contributed by atoms with Gasteiger partial charge in [0, 0.05) is 24.8 Å². The summed E-state index contributed by atoms with van der Waals surface area (Å²) in [7, 11) is 2.08. The fourth-order valence-corrected chi connectivity index (χ4v) is 2.93. The minimum Gasteiger partial charge on any atom is -0.370 e. The van der Waals surface area contributed by atoms with Crippen LogP contribution in [0.2, 0.25) is 0 Å². The lowest BCUT2D eigenvalue weighted by Gasteiger charge is -2.34. The molecule has 1 aromatic rings. The van der Waals surface area contributed by atoms with E-state index in [0.29, 0.717) is 6.04 Å². The second-order valence-corrected chi connectivity index (χ2v) is 5.46. The predicted molar refractivity (Wildman–Crippen MR) is 79.5 cm³/mol. The lowest BCUT2D eigenvalue weighted by Crippen LogP contribution is -2.41. The molecule has 1 unspecified atom stereocenters. The van der Waals surface area contributed by atoms with E-state index in [9.17, 15) is 0 Å². The molecule has 18 heavy (non-hydrogen) atoms. The minimum absolute atomic E-state index is 0.613. The molecular weight excluding hydrogens is 220 g/mol. The van der Waals surface area contributed by atoms with Crippen molar-refractivity contribution >= 4 is 5.69 Å². The zero-order valence-electron chi connectivity index (χ0n) is 12.0. The molecule has 100 valence electrons. The molecule has 0 aliphatic carbocycles. The summed E-state index contributed by atoms with van der Waals surface area (Å²) in [6.07, 6.45) is 5.04. The fourth-order valence-electron chi connectivity index (χ4n) is 2.93. The fraction of sp³-hybridized carbons (Fsp3) is 0.625. The smallest absolute Gasteiger partial charge is 0.0399 e. The highest BCUT2D eigenvalue weighted by Crippen LogP contribution is 2.28. The number of rotatable bonds is 5. The molecule has 0 radical (unpaired) electrons. The summed E-state index contributed by atoms with van der Waals surface area (Å²) in [5.74, 6) is 0. The first-order valence-electron chi connectivity index (χ1n) is 7.26. The number of likely N-dealkylation sites (N-methyl/N-ethyl adjacent to an activating group) is 1. The molecule has 2 rings (SSSR count). The Balaban J connectivity index is 2.12. The first-order chi connectivity index (χ1) is 8.74. The summed E-state index contributed by atoms with van der Waals surface area (Å²) >= 11 is 0. The van der Waals surface area contributed by atoms with Crippen molar-refractivity contribution in [3.8, 4) is 0 Å². The van der Waals surface area contributed by atoms with Crippen LogP contribution in [-0.2, 0) is 6.42 Å². The predicted octanol–water partition coefficient (Wildman–Crippen LogP) is 3.14. The molecular formula is C16H26N2. The first kappa shape index (κ1) is 13.4. The van der Waals surface area contributed by atoms with E-state index < -0.39 is 0 Å². The van der Waals surface area contributed by atoms with E-state index in [0.717, 1.165) is 6.54 Å². The zero-order chi connectivity index (χ0) is 13.0. The molecule has 1 atom stereocenters. The molecule has 2 heteroatoms. The zero-order valence-corrected chi connectivity index (χ0v) is 12.0. The average molecular weight is 246 g/mol. The topological polar surface area (TPSA) is 15.3 Å². The highest BCUT2D eigenvalue weighted by Gasteiger charge is 2.19. The summed E-state index contributed by atoms with van der Waals surface area (Å²) in [6, 6.07) is 7.52. The lowest BCUT2D eigenvalue weighted by molar-refractivity contribution is 0.498. The maximum absolute atomic E-state index is 3.45. The van der Waals surface area contributed by atoms with Gasteiger partial charge in [-0.3, -0.25) is 0 Å². The summed E-state index contributed by atoms with van der Waals surface area (Å²) in [5.41, 5.74) is 4.38. The Labute approximate surface area is 111 Å². The van der Waals surface area contributed by atoms with Crippen LogP contribution in [0, 0.1) is 6.92 Å². The van der Waals surface area contributed by atoms with Crippen LogP contribution in [-0.4, -0.2) is 26.2 Å². The van der Waals surface area contributed by atoms with Crippen molar-refractivity contribution in [1.29, 1.82) is 0 Å². The molecule has 2 nitrogen and oxygen atoms in total. The standard InChI is InChI=1S/C16H26N2/c1-4-6-15(17-3)12-18-10-5-7-14-11-13(2)8-9-16(14)18/h8-9,11,15,17H,4-7,10,12H2,1-3H3. The van der Waals surface area contributed by atoms with E-state index in [1.54, 1.807) is 0 Å². The third-order valence-electron chi connectivity index (χ3n) is 3.94. The summed E-state index contributed by atoms with van der Waals surface area (Å²) in [4.78, 5) is 2.56. The Bertz CT molecular complexity index is 387. The van der Waals surface area contributed by atoms with Gasteiger partial charge in [0.1, 0.15) is 0 Å². The van der Waals surface area contributed by atoms with Crippen molar-refractivity contribution in [1.82, 2.24) is 5.32 Å². The molecule has 0 fully saturated rings.